The number of hydrogen-bond acceptors (Lipinski definition) is 4. The normalized spacial score (nSPS) is 11.1. The standard InChI is InChI=1S/C23H22BrN5O2/c1-15-8-16(2)10-18(9-15)29-22-19(11-26-29)23(31)28(14-25-22)13-21(30)27(3)12-17-6-4-5-7-20(17)24/h4-11,14H,12-13H2,1-3H3. The smallest absolute Gasteiger partial charge is 0.264 e. The Labute approximate surface area is 188 Å². The number of rotatable bonds is 5. The van der Waals surface area contributed by atoms with Crippen LogP contribution < -0.4 is 5.56 Å². The van der Waals surface area contributed by atoms with E-state index in [1.807, 2.05) is 50.2 Å². The number of amides is 1. The van der Waals surface area contributed by atoms with E-state index in [4.69, 9.17) is 0 Å². The van der Waals surface area contributed by atoms with Crippen molar-refractivity contribution >= 4 is 32.9 Å². The summed E-state index contributed by atoms with van der Waals surface area (Å²) in [4.78, 5) is 31.7. The monoisotopic (exact) mass is 479 g/mol. The molecule has 158 valence electrons. The average Bonchev–Trinajstić information content (AvgIpc) is 3.16. The van der Waals surface area contributed by atoms with Crippen LogP contribution >= 0.6 is 15.9 Å². The highest BCUT2D eigenvalue weighted by Gasteiger charge is 2.16. The number of hydrogen-bond donors (Lipinski definition) is 0. The van der Waals surface area contributed by atoms with Gasteiger partial charge >= 0.3 is 0 Å². The first kappa shape index (κ1) is 21.0. The van der Waals surface area contributed by atoms with Gasteiger partial charge < -0.3 is 4.90 Å². The van der Waals surface area contributed by atoms with Gasteiger partial charge in [0.2, 0.25) is 5.91 Å². The molecular formula is C23H22BrN5O2. The van der Waals surface area contributed by atoms with Gasteiger partial charge in [-0.3, -0.25) is 14.2 Å². The summed E-state index contributed by atoms with van der Waals surface area (Å²) in [7, 11) is 1.72. The van der Waals surface area contributed by atoms with Gasteiger partial charge in [-0.15, -0.1) is 0 Å². The van der Waals surface area contributed by atoms with Gasteiger partial charge in [0.25, 0.3) is 5.56 Å². The molecule has 0 bridgehead atoms. The molecule has 0 unspecified atom stereocenters. The maximum Gasteiger partial charge on any atom is 0.264 e. The van der Waals surface area contributed by atoms with Crippen LogP contribution in [0.15, 0.2) is 64.3 Å². The minimum absolute atomic E-state index is 0.0859. The number of aryl methyl sites for hydroxylation is 2. The third-order valence-corrected chi connectivity index (χ3v) is 5.88. The van der Waals surface area contributed by atoms with Crippen molar-refractivity contribution in [3.05, 3.63) is 86.5 Å². The fourth-order valence-corrected chi connectivity index (χ4v) is 3.97. The Morgan fingerprint density at radius 3 is 2.55 bits per heavy atom. The van der Waals surface area contributed by atoms with E-state index in [2.05, 4.69) is 32.1 Å². The van der Waals surface area contributed by atoms with Crippen LogP contribution in [0.2, 0.25) is 0 Å². The molecule has 8 heteroatoms. The van der Waals surface area contributed by atoms with E-state index in [1.165, 1.54) is 17.1 Å². The molecule has 0 aliphatic rings. The number of carbonyl (C=O) groups is 1. The van der Waals surface area contributed by atoms with Gasteiger partial charge in [0, 0.05) is 18.1 Å². The van der Waals surface area contributed by atoms with Crippen LogP contribution in [0.1, 0.15) is 16.7 Å². The quantitative estimate of drug-likeness (QED) is 0.438. The molecule has 0 aliphatic carbocycles. The van der Waals surface area contributed by atoms with E-state index in [9.17, 15) is 9.59 Å². The van der Waals surface area contributed by atoms with E-state index in [0.717, 1.165) is 26.9 Å². The van der Waals surface area contributed by atoms with Crippen molar-refractivity contribution in [3.63, 3.8) is 0 Å². The average molecular weight is 480 g/mol. The van der Waals surface area contributed by atoms with E-state index >= 15 is 0 Å². The van der Waals surface area contributed by atoms with Crippen LogP contribution in [0.4, 0.5) is 0 Å². The SMILES string of the molecule is Cc1cc(C)cc(-n2ncc3c(=O)n(CC(=O)N(C)Cc4ccccc4Br)cnc32)c1. The maximum absolute atomic E-state index is 13.0. The second-order valence-corrected chi connectivity index (χ2v) is 8.51. The van der Waals surface area contributed by atoms with Gasteiger partial charge in [-0.1, -0.05) is 40.2 Å². The Hall–Kier alpha value is -3.26. The van der Waals surface area contributed by atoms with Gasteiger partial charge in [-0.05, 0) is 48.7 Å². The second-order valence-electron chi connectivity index (χ2n) is 7.66. The summed E-state index contributed by atoms with van der Waals surface area (Å²) in [5.74, 6) is -0.180. The van der Waals surface area contributed by atoms with Gasteiger partial charge in [0.1, 0.15) is 18.3 Å². The van der Waals surface area contributed by atoms with Gasteiger partial charge in [-0.25, -0.2) is 9.67 Å². The number of likely N-dealkylation sites (N-methyl/N-ethyl adjacent to an activating group) is 1. The van der Waals surface area contributed by atoms with Crippen molar-refractivity contribution in [2.75, 3.05) is 7.05 Å². The second kappa shape index (κ2) is 8.47. The summed E-state index contributed by atoms with van der Waals surface area (Å²) < 4.78 is 3.92. The predicted octanol–water partition coefficient (Wildman–Crippen LogP) is 3.62. The fourth-order valence-electron chi connectivity index (χ4n) is 3.56. The summed E-state index contributed by atoms with van der Waals surface area (Å²) in [6.07, 6.45) is 2.92. The lowest BCUT2D eigenvalue weighted by Crippen LogP contribution is -2.33. The van der Waals surface area contributed by atoms with Crippen LogP contribution in [0.25, 0.3) is 16.7 Å². The summed E-state index contributed by atoms with van der Waals surface area (Å²) in [5, 5.41) is 4.75. The first-order chi connectivity index (χ1) is 14.8. The molecule has 0 atom stereocenters. The molecule has 4 aromatic rings. The molecule has 0 spiro atoms. The zero-order chi connectivity index (χ0) is 22.1. The first-order valence-corrected chi connectivity index (χ1v) is 10.6. The first-order valence-electron chi connectivity index (χ1n) is 9.82. The molecule has 7 nitrogen and oxygen atoms in total. The van der Waals surface area contributed by atoms with Crippen LogP contribution in [-0.2, 0) is 17.9 Å². The van der Waals surface area contributed by atoms with Gasteiger partial charge in [0.15, 0.2) is 5.65 Å². The van der Waals surface area contributed by atoms with Crippen LogP contribution in [0.3, 0.4) is 0 Å². The van der Waals surface area contributed by atoms with E-state index in [-0.39, 0.29) is 18.0 Å². The highest BCUT2D eigenvalue weighted by molar-refractivity contribution is 9.10. The largest absolute Gasteiger partial charge is 0.340 e. The van der Waals surface area contributed by atoms with Crippen molar-refractivity contribution in [2.45, 2.75) is 26.9 Å². The van der Waals surface area contributed by atoms with E-state index in [0.29, 0.717) is 17.6 Å². The van der Waals surface area contributed by atoms with Gasteiger partial charge in [0.05, 0.1) is 11.9 Å². The lowest BCUT2D eigenvalue weighted by atomic mass is 10.1. The molecule has 4 rings (SSSR count). The van der Waals surface area contributed by atoms with Crippen molar-refractivity contribution in [2.24, 2.45) is 0 Å². The predicted molar refractivity (Wildman–Crippen MR) is 123 cm³/mol. The number of benzene rings is 2. The highest BCUT2D eigenvalue weighted by atomic mass is 79.9. The number of fused-ring (bicyclic) bond motifs is 1. The number of carbonyl (C=O) groups excluding carboxylic acids is 1. The Balaban J connectivity index is 1.59. The molecule has 0 saturated carbocycles. The summed E-state index contributed by atoms with van der Waals surface area (Å²) in [5.41, 5.74) is 4.23. The zero-order valence-corrected chi connectivity index (χ0v) is 19.1. The third kappa shape index (κ3) is 4.29. The number of nitrogens with zero attached hydrogens (tertiary/aromatic N) is 5. The summed E-state index contributed by atoms with van der Waals surface area (Å²) in [6.45, 7) is 4.38. The molecule has 2 aromatic carbocycles. The molecule has 31 heavy (non-hydrogen) atoms. The molecular weight excluding hydrogens is 458 g/mol. The van der Waals surface area contributed by atoms with Crippen LogP contribution in [-0.4, -0.2) is 37.2 Å². The molecule has 0 fully saturated rings. The lowest BCUT2D eigenvalue weighted by molar-refractivity contribution is -0.131. The Morgan fingerprint density at radius 2 is 1.84 bits per heavy atom. The van der Waals surface area contributed by atoms with Crippen molar-refractivity contribution in [1.29, 1.82) is 0 Å². The van der Waals surface area contributed by atoms with Crippen molar-refractivity contribution in [3.8, 4) is 5.69 Å². The fraction of sp³-hybridized carbons (Fsp3) is 0.217. The number of halogens is 1. The van der Waals surface area contributed by atoms with Crippen LogP contribution in [0, 0.1) is 13.8 Å². The molecule has 0 N–H and O–H groups in total. The molecule has 1 amide bonds. The highest BCUT2D eigenvalue weighted by Crippen LogP contribution is 2.18. The summed E-state index contributed by atoms with van der Waals surface area (Å²) >= 11 is 3.50. The Kier molecular flexibility index (Phi) is 5.73. The molecule has 2 aromatic heterocycles. The number of aromatic nitrogens is 4. The molecule has 0 radical (unpaired) electrons. The lowest BCUT2D eigenvalue weighted by Gasteiger charge is -2.18. The molecule has 0 aliphatic heterocycles. The maximum atomic E-state index is 13.0. The third-order valence-electron chi connectivity index (χ3n) is 5.10. The minimum Gasteiger partial charge on any atom is -0.340 e. The summed E-state index contributed by atoms with van der Waals surface area (Å²) in [6, 6.07) is 13.8. The molecule has 0 saturated heterocycles. The topological polar surface area (TPSA) is 73.0 Å². The van der Waals surface area contributed by atoms with Crippen LogP contribution in [0.5, 0.6) is 0 Å². The Morgan fingerprint density at radius 1 is 1.13 bits per heavy atom. The van der Waals surface area contributed by atoms with E-state index in [1.54, 1.807) is 16.6 Å². The van der Waals surface area contributed by atoms with Crippen molar-refractivity contribution in [1.82, 2.24) is 24.2 Å². The zero-order valence-electron chi connectivity index (χ0n) is 17.5. The van der Waals surface area contributed by atoms with Crippen molar-refractivity contribution < 1.29 is 4.79 Å². The minimum atomic E-state index is -0.289. The molecule has 2 heterocycles. The van der Waals surface area contributed by atoms with Gasteiger partial charge in [-0.2, -0.15) is 5.10 Å². The van der Waals surface area contributed by atoms with E-state index < -0.39 is 0 Å². The Bertz CT molecular complexity index is 1320.